The number of nitrogens with zero attached hydrogens (tertiary/aromatic N) is 3. The molecule has 0 bridgehead atoms. The third kappa shape index (κ3) is 6.15. The molecule has 0 aliphatic rings. The van der Waals surface area contributed by atoms with Gasteiger partial charge in [0.05, 0.1) is 18.3 Å². The number of aliphatic imine (C=N–C) groups is 1. The van der Waals surface area contributed by atoms with Gasteiger partial charge in [-0.15, -0.1) is 0 Å². The lowest BCUT2D eigenvalue weighted by Gasteiger charge is -2.02. The first kappa shape index (κ1) is 17.0. The van der Waals surface area contributed by atoms with Gasteiger partial charge in [-0.3, -0.25) is 4.99 Å². The maximum atomic E-state index is 5.90. The van der Waals surface area contributed by atoms with Crippen LogP contribution in [-0.4, -0.2) is 43.2 Å². The predicted octanol–water partition coefficient (Wildman–Crippen LogP) is 2.36. The minimum absolute atomic E-state index is 0.682. The number of aromatic amines is 2. The highest BCUT2D eigenvalue weighted by Gasteiger charge is 2.01. The summed E-state index contributed by atoms with van der Waals surface area (Å²) >= 11 is 3.49. The standard InChI is InChI=1S/C14H22N6S2/c1-11-13(20-10-18-11)8-21-5-6-22-14(15)17-4-2-3-12-7-16-9-19-12/h7,9-10H,2-6,8H2,1H3,(H2,15,17)(H,16,19)(H,18,20). The SMILES string of the molecule is Cc1[nH]cnc1CSCCSC(N)=NCCCc1cnc[nH]1. The van der Waals surface area contributed by atoms with Gasteiger partial charge in [0.25, 0.3) is 0 Å². The Labute approximate surface area is 139 Å². The van der Waals surface area contributed by atoms with Gasteiger partial charge in [0.15, 0.2) is 5.17 Å². The van der Waals surface area contributed by atoms with E-state index in [9.17, 15) is 0 Å². The quantitative estimate of drug-likeness (QED) is 0.370. The summed E-state index contributed by atoms with van der Waals surface area (Å²) in [5.74, 6) is 2.96. The second kappa shape index (κ2) is 9.58. The Hall–Kier alpha value is -1.41. The predicted molar refractivity (Wildman–Crippen MR) is 95.3 cm³/mol. The summed E-state index contributed by atoms with van der Waals surface area (Å²) in [5.41, 5.74) is 9.33. The van der Waals surface area contributed by atoms with Crippen LogP contribution in [-0.2, 0) is 12.2 Å². The Bertz CT molecular complexity index is 564. The molecule has 0 amide bonds. The van der Waals surface area contributed by atoms with E-state index < -0.39 is 0 Å². The molecule has 2 rings (SSSR count). The molecule has 0 aliphatic heterocycles. The fourth-order valence-corrected chi connectivity index (χ4v) is 3.66. The van der Waals surface area contributed by atoms with Crippen LogP contribution in [0, 0.1) is 6.92 Å². The molecule has 0 atom stereocenters. The van der Waals surface area contributed by atoms with Crippen LogP contribution in [0.15, 0.2) is 23.8 Å². The fourth-order valence-electron chi connectivity index (χ4n) is 1.83. The van der Waals surface area contributed by atoms with Crippen molar-refractivity contribution in [3.05, 3.63) is 35.9 Å². The summed E-state index contributed by atoms with van der Waals surface area (Å²) in [4.78, 5) is 18.8. The van der Waals surface area contributed by atoms with E-state index in [1.165, 1.54) is 0 Å². The molecule has 6 nitrogen and oxygen atoms in total. The van der Waals surface area contributed by atoms with Crippen molar-refractivity contribution >= 4 is 28.7 Å². The van der Waals surface area contributed by atoms with Crippen LogP contribution in [0.1, 0.15) is 23.5 Å². The first-order chi connectivity index (χ1) is 10.8. The number of imidazole rings is 2. The Balaban J connectivity index is 1.50. The minimum atomic E-state index is 0.682. The number of nitrogens with two attached hydrogens (primary N) is 1. The highest BCUT2D eigenvalue weighted by molar-refractivity contribution is 8.14. The van der Waals surface area contributed by atoms with Gasteiger partial charge in [-0.2, -0.15) is 11.8 Å². The van der Waals surface area contributed by atoms with E-state index in [1.807, 2.05) is 24.9 Å². The highest BCUT2D eigenvalue weighted by atomic mass is 32.2. The number of aryl methyl sites for hydroxylation is 2. The molecule has 0 spiro atoms. The number of amidine groups is 1. The second-order valence-electron chi connectivity index (χ2n) is 4.78. The molecule has 0 aliphatic carbocycles. The van der Waals surface area contributed by atoms with E-state index in [0.717, 1.165) is 53.7 Å². The zero-order valence-corrected chi connectivity index (χ0v) is 14.3. The third-order valence-electron chi connectivity index (χ3n) is 3.08. The summed E-state index contributed by atoms with van der Waals surface area (Å²) in [6.07, 6.45) is 7.23. The zero-order valence-electron chi connectivity index (χ0n) is 12.7. The smallest absolute Gasteiger partial charge is 0.153 e. The van der Waals surface area contributed by atoms with E-state index in [2.05, 4.69) is 24.9 Å². The van der Waals surface area contributed by atoms with E-state index >= 15 is 0 Å². The van der Waals surface area contributed by atoms with Gasteiger partial charge in [-0.1, -0.05) is 11.8 Å². The molecule has 120 valence electrons. The van der Waals surface area contributed by atoms with Gasteiger partial charge < -0.3 is 15.7 Å². The molecule has 8 heteroatoms. The first-order valence-electron chi connectivity index (χ1n) is 7.22. The van der Waals surface area contributed by atoms with Crippen LogP contribution < -0.4 is 5.73 Å². The molecule has 22 heavy (non-hydrogen) atoms. The molecule has 2 aromatic heterocycles. The van der Waals surface area contributed by atoms with Crippen molar-refractivity contribution in [2.24, 2.45) is 10.7 Å². The van der Waals surface area contributed by atoms with Gasteiger partial charge in [0.2, 0.25) is 0 Å². The van der Waals surface area contributed by atoms with Crippen molar-refractivity contribution < 1.29 is 0 Å². The number of aromatic nitrogens is 4. The molecule has 2 aromatic rings. The Kier molecular flexibility index (Phi) is 7.38. The van der Waals surface area contributed by atoms with Gasteiger partial charge >= 0.3 is 0 Å². The Morgan fingerprint density at radius 3 is 2.95 bits per heavy atom. The number of nitrogens with one attached hydrogen (secondary N) is 2. The van der Waals surface area contributed by atoms with Crippen LogP contribution in [0.4, 0.5) is 0 Å². The summed E-state index contributed by atoms with van der Waals surface area (Å²) in [6.45, 7) is 2.81. The summed E-state index contributed by atoms with van der Waals surface area (Å²) in [5, 5.41) is 0.682. The van der Waals surface area contributed by atoms with Crippen molar-refractivity contribution in [1.82, 2.24) is 19.9 Å². The molecule has 0 unspecified atom stereocenters. The lowest BCUT2D eigenvalue weighted by molar-refractivity contribution is 0.817. The topological polar surface area (TPSA) is 95.7 Å². The Morgan fingerprint density at radius 2 is 2.23 bits per heavy atom. The largest absolute Gasteiger partial charge is 0.379 e. The lowest BCUT2D eigenvalue weighted by atomic mass is 10.2. The third-order valence-corrected chi connectivity index (χ3v) is 5.14. The van der Waals surface area contributed by atoms with Gasteiger partial charge in [-0.05, 0) is 19.8 Å². The molecule has 0 aromatic carbocycles. The average Bonchev–Trinajstić information content (AvgIpc) is 3.15. The van der Waals surface area contributed by atoms with Gasteiger partial charge in [-0.25, -0.2) is 9.97 Å². The van der Waals surface area contributed by atoms with Crippen LogP contribution in [0.25, 0.3) is 0 Å². The van der Waals surface area contributed by atoms with E-state index in [0.29, 0.717) is 5.17 Å². The van der Waals surface area contributed by atoms with Crippen LogP contribution >= 0.6 is 23.5 Å². The maximum absolute atomic E-state index is 5.90. The van der Waals surface area contributed by atoms with E-state index in [1.54, 1.807) is 24.4 Å². The summed E-state index contributed by atoms with van der Waals surface area (Å²) in [6, 6.07) is 0. The van der Waals surface area contributed by atoms with Crippen LogP contribution in [0.2, 0.25) is 0 Å². The minimum Gasteiger partial charge on any atom is -0.379 e. The Morgan fingerprint density at radius 1 is 1.32 bits per heavy atom. The molecule has 4 N–H and O–H groups in total. The van der Waals surface area contributed by atoms with Crippen molar-refractivity contribution in [2.45, 2.75) is 25.5 Å². The van der Waals surface area contributed by atoms with Crippen molar-refractivity contribution in [2.75, 3.05) is 18.1 Å². The van der Waals surface area contributed by atoms with Crippen molar-refractivity contribution in [1.29, 1.82) is 0 Å². The molecule has 0 fully saturated rings. The number of hydrogen-bond acceptors (Lipinski definition) is 5. The summed E-state index contributed by atoms with van der Waals surface area (Å²) < 4.78 is 0. The first-order valence-corrected chi connectivity index (χ1v) is 9.36. The highest BCUT2D eigenvalue weighted by Crippen LogP contribution is 2.14. The number of H-pyrrole nitrogens is 2. The van der Waals surface area contributed by atoms with Crippen LogP contribution in [0.5, 0.6) is 0 Å². The maximum Gasteiger partial charge on any atom is 0.153 e. The van der Waals surface area contributed by atoms with Gasteiger partial charge in [0.1, 0.15) is 0 Å². The number of thioether (sulfide) groups is 2. The average molecular weight is 339 g/mol. The fraction of sp³-hybridized carbons (Fsp3) is 0.500. The van der Waals surface area contributed by atoms with E-state index in [-0.39, 0.29) is 0 Å². The number of hydrogen-bond donors (Lipinski definition) is 3. The number of rotatable bonds is 9. The zero-order chi connectivity index (χ0) is 15.6. The van der Waals surface area contributed by atoms with Crippen LogP contribution in [0.3, 0.4) is 0 Å². The van der Waals surface area contributed by atoms with E-state index in [4.69, 9.17) is 5.73 Å². The molecule has 0 saturated heterocycles. The molecular weight excluding hydrogens is 316 g/mol. The molecule has 0 saturated carbocycles. The van der Waals surface area contributed by atoms with Crippen molar-refractivity contribution in [3.8, 4) is 0 Å². The molecular formula is C14H22N6S2. The monoisotopic (exact) mass is 338 g/mol. The lowest BCUT2D eigenvalue weighted by Crippen LogP contribution is -2.09. The van der Waals surface area contributed by atoms with Crippen molar-refractivity contribution in [3.63, 3.8) is 0 Å². The normalized spacial score (nSPS) is 12.0. The summed E-state index contributed by atoms with van der Waals surface area (Å²) in [7, 11) is 0. The van der Waals surface area contributed by atoms with Gasteiger partial charge in [0, 0.05) is 41.4 Å². The molecule has 0 radical (unpaired) electrons. The molecule has 2 heterocycles. The second-order valence-corrected chi connectivity index (χ2v) is 7.00.